The summed E-state index contributed by atoms with van der Waals surface area (Å²) >= 11 is 6.48. The smallest absolute Gasteiger partial charge is 0.233 e. The van der Waals surface area contributed by atoms with E-state index in [-0.39, 0.29) is 11.3 Å². The molecule has 3 aromatic rings. The van der Waals surface area contributed by atoms with Gasteiger partial charge in [0.1, 0.15) is 6.29 Å². The maximum absolute atomic E-state index is 13.5. The summed E-state index contributed by atoms with van der Waals surface area (Å²) in [6, 6.07) is 10.3. The van der Waals surface area contributed by atoms with Crippen molar-refractivity contribution in [3.63, 3.8) is 0 Å². The largest absolute Gasteiger partial charge is 0.323 e. The van der Waals surface area contributed by atoms with Gasteiger partial charge in [0.2, 0.25) is 11.9 Å². The van der Waals surface area contributed by atoms with Crippen molar-refractivity contribution in [2.75, 3.05) is 36.4 Å². The van der Waals surface area contributed by atoms with Crippen molar-refractivity contribution in [2.45, 2.75) is 38.0 Å². The predicted molar refractivity (Wildman–Crippen MR) is 143 cm³/mol. The molecule has 6 rings (SSSR count). The van der Waals surface area contributed by atoms with E-state index in [9.17, 15) is 9.59 Å². The van der Waals surface area contributed by atoms with Gasteiger partial charge in [-0.2, -0.15) is 0 Å². The first-order valence-electron chi connectivity index (χ1n) is 12.9. The predicted octanol–water partition coefficient (Wildman–Crippen LogP) is 4.83. The highest BCUT2D eigenvalue weighted by Crippen LogP contribution is 2.43. The Morgan fingerprint density at radius 2 is 1.89 bits per heavy atom. The number of hydrogen-bond acceptors (Lipinski definition) is 7. The third kappa shape index (κ3) is 4.83. The van der Waals surface area contributed by atoms with Gasteiger partial charge in [-0.25, -0.2) is 9.97 Å². The van der Waals surface area contributed by atoms with Gasteiger partial charge in [-0.3, -0.25) is 14.7 Å². The molecule has 2 aliphatic heterocycles. The maximum atomic E-state index is 13.5. The zero-order chi connectivity index (χ0) is 25.4. The molecule has 37 heavy (non-hydrogen) atoms. The second-order valence-electron chi connectivity index (χ2n) is 10.3. The number of halogens is 1. The molecule has 1 aromatic carbocycles. The summed E-state index contributed by atoms with van der Waals surface area (Å²) in [7, 11) is 0. The number of amides is 1. The molecule has 1 spiro atoms. The minimum atomic E-state index is -0.341. The van der Waals surface area contributed by atoms with E-state index in [1.165, 1.54) is 18.4 Å². The summed E-state index contributed by atoms with van der Waals surface area (Å²) in [5.41, 5.74) is 4.09. The number of pyridine rings is 1. The van der Waals surface area contributed by atoms with Crippen LogP contribution in [0.2, 0.25) is 5.02 Å². The Bertz CT molecular complexity index is 1340. The standard InChI is InChI=1S/C28H29ClN6O2/c29-24-18-31-27(33-25(24)21-3-1-2-20(14-21)19-4-5-19)32-22-15-23(17-30-16-22)35-11-8-28(26(35)37)6-9-34(10-7-28)12-13-36/h1-3,13-19H,4-12H2,(H,31,32,33). The van der Waals surface area contributed by atoms with Crippen LogP contribution in [0, 0.1) is 5.41 Å². The number of rotatable bonds is 7. The molecule has 3 fully saturated rings. The monoisotopic (exact) mass is 516 g/mol. The van der Waals surface area contributed by atoms with Crippen LogP contribution < -0.4 is 10.2 Å². The van der Waals surface area contributed by atoms with Crippen molar-refractivity contribution < 1.29 is 9.59 Å². The van der Waals surface area contributed by atoms with E-state index in [1.54, 1.807) is 18.6 Å². The van der Waals surface area contributed by atoms with E-state index in [1.807, 2.05) is 23.1 Å². The lowest BCUT2D eigenvalue weighted by molar-refractivity contribution is -0.128. The first-order valence-corrected chi connectivity index (χ1v) is 13.3. The van der Waals surface area contributed by atoms with Gasteiger partial charge in [0.05, 0.1) is 52.6 Å². The van der Waals surface area contributed by atoms with Crippen molar-refractivity contribution in [1.82, 2.24) is 19.9 Å². The fraction of sp³-hybridized carbons (Fsp3) is 0.393. The van der Waals surface area contributed by atoms with Crippen LogP contribution in [0.1, 0.15) is 43.6 Å². The summed E-state index contributed by atoms with van der Waals surface area (Å²) in [5.74, 6) is 1.21. The molecule has 1 aliphatic carbocycles. The molecule has 2 saturated heterocycles. The summed E-state index contributed by atoms with van der Waals surface area (Å²) in [6.07, 6.45) is 10.8. The number of hydrogen-bond donors (Lipinski definition) is 1. The Morgan fingerprint density at radius 3 is 2.68 bits per heavy atom. The molecule has 1 amide bonds. The SMILES string of the molecule is O=CCN1CCC2(CC1)CCN(c1cncc(Nc3ncc(Cl)c(-c4cccc(C5CC5)c4)n3)c1)C2=O. The quantitative estimate of drug-likeness (QED) is 0.450. The number of carbonyl (C=O) groups is 2. The molecule has 0 radical (unpaired) electrons. The lowest BCUT2D eigenvalue weighted by Crippen LogP contribution is -2.45. The fourth-order valence-corrected chi connectivity index (χ4v) is 5.76. The number of aromatic nitrogens is 3. The Morgan fingerprint density at radius 1 is 1.08 bits per heavy atom. The van der Waals surface area contributed by atoms with Crippen LogP contribution in [0.4, 0.5) is 17.3 Å². The van der Waals surface area contributed by atoms with E-state index in [2.05, 4.69) is 32.3 Å². The van der Waals surface area contributed by atoms with Crippen LogP contribution >= 0.6 is 11.6 Å². The van der Waals surface area contributed by atoms with E-state index < -0.39 is 0 Å². The normalized spacial score (nSPS) is 19.4. The number of nitrogens with zero attached hydrogens (tertiary/aromatic N) is 5. The van der Waals surface area contributed by atoms with Crippen LogP contribution in [0.5, 0.6) is 0 Å². The first kappa shape index (κ1) is 24.0. The van der Waals surface area contributed by atoms with Crippen LogP contribution in [-0.4, -0.2) is 58.2 Å². The molecule has 190 valence electrons. The van der Waals surface area contributed by atoms with Gasteiger partial charge in [0, 0.05) is 12.1 Å². The lowest BCUT2D eigenvalue weighted by Gasteiger charge is -2.37. The van der Waals surface area contributed by atoms with Gasteiger partial charge < -0.3 is 15.0 Å². The summed E-state index contributed by atoms with van der Waals surface area (Å²) in [5, 5.41) is 3.74. The maximum Gasteiger partial charge on any atom is 0.233 e. The third-order valence-electron chi connectivity index (χ3n) is 7.90. The highest BCUT2D eigenvalue weighted by molar-refractivity contribution is 6.32. The third-order valence-corrected chi connectivity index (χ3v) is 8.18. The van der Waals surface area contributed by atoms with Gasteiger partial charge >= 0.3 is 0 Å². The topological polar surface area (TPSA) is 91.3 Å². The van der Waals surface area contributed by atoms with Crippen molar-refractivity contribution in [3.8, 4) is 11.3 Å². The van der Waals surface area contributed by atoms with Crippen LogP contribution in [0.15, 0.2) is 48.9 Å². The number of likely N-dealkylation sites (tertiary alicyclic amines) is 1. The minimum absolute atomic E-state index is 0.151. The number of benzene rings is 1. The second-order valence-corrected chi connectivity index (χ2v) is 10.7. The van der Waals surface area contributed by atoms with E-state index in [0.29, 0.717) is 41.4 Å². The molecule has 8 nitrogen and oxygen atoms in total. The summed E-state index contributed by atoms with van der Waals surface area (Å²) < 4.78 is 0. The van der Waals surface area contributed by atoms with Gasteiger partial charge in [-0.1, -0.05) is 29.8 Å². The average molecular weight is 517 g/mol. The Labute approximate surface area is 221 Å². The van der Waals surface area contributed by atoms with E-state index >= 15 is 0 Å². The molecule has 2 aromatic heterocycles. The Hall–Kier alpha value is -3.36. The zero-order valence-corrected chi connectivity index (χ0v) is 21.3. The van der Waals surface area contributed by atoms with Crippen LogP contribution in [0.3, 0.4) is 0 Å². The van der Waals surface area contributed by atoms with E-state index in [0.717, 1.165) is 49.9 Å². The molecule has 3 aliphatic rings. The molecule has 1 N–H and O–H groups in total. The number of piperidine rings is 1. The number of nitrogens with one attached hydrogen (secondary N) is 1. The number of aldehydes is 1. The molecule has 1 saturated carbocycles. The minimum Gasteiger partial charge on any atom is -0.323 e. The van der Waals surface area contributed by atoms with Gasteiger partial charge in [0.25, 0.3) is 0 Å². The molecule has 4 heterocycles. The molecule has 0 unspecified atom stereocenters. The van der Waals surface area contributed by atoms with Crippen molar-refractivity contribution in [3.05, 3.63) is 59.5 Å². The molecule has 0 atom stereocenters. The van der Waals surface area contributed by atoms with Crippen molar-refractivity contribution in [2.24, 2.45) is 5.41 Å². The lowest BCUT2D eigenvalue weighted by atomic mass is 9.77. The van der Waals surface area contributed by atoms with Gasteiger partial charge in [-0.15, -0.1) is 0 Å². The van der Waals surface area contributed by atoms with Gasteiger partial charge in [-0.05, 0) is 68.8 Å². The summed E-state index contributed by atoms with van der Waals surface area (Å²) in [6.45, 7) is 2.65. The number of carbonyl (C=O) groups excluding carboxylic acids is 2. The molecule has 0 bridgehead atoms. The Balaban J connectivity index is 1.19. The van der Waals surface area contributed by atoms with Gasteiger partial charge in [0.15, 0.2) is 0 Å². The number of anilines is 3. The first-order chi connectivity index (χ1) is 18.0. The average Bonchev–Trinajstić information content (AvgIpc) is 3.73. The Kier molecular flexibility index (Phi) is 6.38. The summed E-state index contributed by atoms with van der Waals surface area (Å²) in [4.78, 5) is 41.7. The van der Waals surface area contributed by atoms with Crippen LogP contribution in [0.25, 0.3) is 11.3 Å². The molecular formula is C28H29ClN6O2. The zero-order valence-electron chi connectivity index (χ0n) is 20.6. The fourth-order valence-electron chi connectivity index (χ4n) is 5.56. The molecule has 9 heteroatoms. The van der Waals surface area contributed by atoms with Crippen molar-refractivity contribution >= 4 is 41.1 Å². The molecular weight excluding hydrogens is 488 g/mol. The highest BCUT2D eigenvalue weighted by Gasteiger charge is 2.48. The van der Waals surface area contributed by atoms with Crippen molar-refractivity contribution in [1.29, 1.82) is 0 Å². The van der Waals surface area contributed by atoms with Crippen LogP contribution in [-0.2, 0) is 9.59 Å². The second kappa shape index (κ2) is 9.84. The highest BCUT2D eigenvalue weighted by atomic mass is 35.5. The van der Waals surface area contributed by atoms with E-state index in [4.69, 9.17) is 16.6 Å².